The van der Waals surface area contributed by atoms with Gasteiger partial charge in [-0.3, -0.25) is 0 Å². The van der Waals surface area contributed by atoms with E-state index in [1.165, 1.54) is 22.3 Å². The van der Waals surface area contributed by atoms with Gasteiger partial charge in [-0.2, -0.15) is 0 Å². The van der Waals surface area contributed by atoms with Crippen LogP contribution in [0.1, 0.15) is 11.1 Å². The summed E-state index contributed by atoms with van der Waals surface area (Å²) in [6.07, 6.45) is 0. The fourth-order valence-electron chi connectivity index (χ4n) is 3.42. The fourth-order valence-corrected chi connectivity index (χ4v) is 3.42. The van der Waals surface area contributed by atoms with Crippen LogP contribution >= 0.6 is 0 Å². The molecule has 0 aliphatic heterocycles. The van der Waals surface area contributed by atoms with Crippen LogP contribution in [0.15, 0.2) is 66.7 Å². The van der Waals surface area contributed by atoms with E-state index >= 15 is 0 Å². The van der Waals surface area contributed by atoms with Crippen LogP contribution in [0.3, 0.4) is 0 Å². The molecule has 0 saturated heterocycles. The molecule has 0 amide bonds. The van der Waals surface area contributed by atoms with Crippen LogP contribution in [0.4, 0.5) is 0 Å². The first-order chi connectivity index (χ1) is 13.3. The molecule has 136 valence electrons. The number of hydrogen-bond acceptors (Lipinski definition) is 3. The molecule has 0 saturated carbocycles. The van der Waals surface area contributed by atoms with Crippen LogP contribution in [-0.4, -0.2) is 28.2 Å². The van der Waals surface area contributed by atoms with Gasteiger partial charge in [-0.1, -0.05) is 54.6 Å². The number of aromatic nitrogens is 2. The molecule has 3 N–H and O–H groups in total. The summed E-state index contributed by atoms with van der Waals surface area (Å²) in [5.74, 6) is 0.877. The Hall–Kier alpha value is -2.95. The average molecular weight is 357 g/mol. The Morgan fingerprint density at radius 3 is 2.59 bits per heavy atom. The van der Waals surface area contributed by atoms with E-state index in [2.05, 4.69) is 71.8 Å². The number of hydrogen-bond donors (Lipinski definition) is 3. The molecule has 0 radical (unpaired) electrons. The zero-order valence-corrected chi connectivity index (χ0v) is 15.4. The number of aromatic amines is 1. The minimum atomic E-state index is 0.145. The van der Waals surface area contributed by atoms with E-state index in [0.717, 1.165) is 29.0 Å². The van der Waals surface area contributed by atoms with Crippen LogP contribution in [-0.2, 0) is 6.54 Å². The van der Waals surface area contributed by atoms with Crippen molar-refractivity contribution in [2.75, 3.05) is 13.2 Å². The van der Waals surface area contributed by atoms with Gasteiger partial charge in [0.15, 0.2) is 0 Å². The molecule has 0 atom stereocenters. The highest BCUT2D eigenvalue weighted by atomic mass is 16.3. The average Bonchev–Trinajstić information content (AvgIpc) is 3.15. The lowest BCUT2D eigenvalue weighted by atomic mass is 9.99. The molecule has 0 bridgehead atoms. The second kappa shape index (κ2) is 7.74. The molecular weight excluding hydrogens is 334 g/mol. The largest absolute Gasteiger partial charge is 0.395 e. The molecule has 4 aromatic rings. The lowest BCUT2D eigenvalue weighted by Crippen LogP contribution is -2.17. The van der Waals surface area contributed by atoms with Gasteiger partial charge >= 0.3 is 0 Å². The summed E-state index contributed by atoms with van der Waals surface area (Å²) in [6.45, 7) is 3.60. The Balaban J connectivity index is 1.70. The van der Waals surface area contributed by atoms with Crippen LogP contribution in [0.25, 0.3) is 33.5 Å². The fraction of sp³-hybridized carbons (Fsp3) is 0.174. The number of rotatable bonds is 6. The summed E-state index contributed by atoms with van der Waals surface area (Å²) in [5, 5.41) is 12.1. The molecule has 3 aromatic carbocycles. The molecule has 0 aliphatic rings. The number of benzene rings is 3. The topological polar surface area (TPSA) is 60.9 Å². The van der Waals surface area contributed by atoms with Crippen molar-refractivity contribution in [1.82, 2.24) is 15.3 Å². The quantitative estimate of drug-likeness (QED) is 0.451. The Morgan fingerprint density at radius 2 is 1.78 bits per heavy atom. The van der Waals surface area contributed by atoms with Crippen molar-refractivity contribution < 1.29 is 5.11 Å². The number of nitrogens with one attached hydrogen (secondary N) is 2. The molecule has 4 heteroatoms. The molecule has 0 aliphatic carbocycles. The molecular formula is C23H23N3O. The van der Waals surface area contributed by atoms with E-state index in [1.807, 2.05) is 12.1 Å². The van der Waals surface area contributed by atoms with Gasteiger partial charge in [-0.05, 0) is 41.3 Å². The third-order valence-corrected chi connectivity index (χ3v) is 4.81. The second-order valence-corrected chi connectivity index (χ2v) is 6.69. The SMILES string of the molecule is Cc1c(-c2ccccc2)ccc2[nH]c(-c3cccc(CNCCO)c3)nc12. The Bertz CT molecular complexity index is 1050. The van der Waals surface area contributed by atoms with Gasteiger partial charge < -0.3 is 15.4 Å². The molecule has 4 nitrogen and oxygen atoms in total. The maximum absolute atomic E-state index is 8.91. The highest BCUT2D eigenvalue weighted by Gasteiger charge is 2.11. The van der Waals surface area contributed by atoms with E-state index < -0.39 is 0 Å². The van der Waals surface area contributed by atoms with Gasteiger partial charge in [-0.15, -0.1) is 0 Å². The number of H-pyrrole nitrogens is 1. The molecule has 0 unspecified atom stereocenters. The van der Waals surface area contributed by atoms with Gasteiger partial charge in [0.1, 0.15) is 5.82 Å². The summed E-state index contributed by atoms with van der Waals surface area (Å²) in [5.41, 5.74) is 7.89. The third kappa shape index (κ3) is 3.63. The van der Waals surface area contributed by atoms with Crippen molar-refractivity contribution in [2.24, 2.45) is 0 Å². The van der Waals surface area contributed by atoms with Crippen molar-refractivity contribution >= 4 is 11.0 Å². The molecule has 1 aromatic heterocycles. The highest BCUT2D eigenvalue weighted by molar-refractivity contribution is 5.88. The minimum Gasteiger partial charge on any atom is -0.395 e. The normalized spacial score (nSPS) is 11.2. The van der Waals surface area contributed by atoms with Crippen LogP contribution in [0.5, 0.6) is 0 Å². The monoisotopic (exact) mass is 357 g/mol. The molecule has 4 rings (SSSR count). The maximum atomic E-state index is 8.91. The zero-order chi connectivity index (χ0) is 18.6. The van der Waals surface area contributed by atoms with Gasteiger partial charge in [0.05, 0.1) is 17.6 Å². The van der Waals surface area contributed by atoms with Crippen molar-refractivity contribution in [2.45, 2.75) is 13.5 Å². The Kier molecular flexibility index (Phi) is 5.01. The lowest BCUT2D eigenvalue weighted by Gasteiger charge is -2.06. The van der Waals surface area contributed by atoms with E-state index in [4.69, 9.17) is 10.1 Å². The number of aryl methyl sites for hydroxylation is 1. The number of imidazole rings is 1. The highest BCUT2D eigenvalue weighted by Crippen LogP contribution is 2.30. The summed E-state index contributed by atoms with van der Waals surface area (Å²) >= 11 is 0. The Morgan fingerprint density at radius 1 is 0.963 bits per heavy atom. The van der Waals surface area contributed by atoms with Crippen molar-refractivity contribution in [1.29, 1.82) is 0 Å². The first kappa shape index (κ1) is 17.5. The smallest absolute Gasteiger partial charge is 0.138 e. The standard InChI is InChI=1S/C23H23N3O/c1-16-20(18-7-3-2-4-8-18)10-11-21-22(16)26-23(25-21)19-9-5-6-17(14-19)15-24-12-13-27/h2-11,14,24,27H,12-13,15H2,1H3,(H,25,26). The molecule has 1 heterocycles. The van der Waals surface area contributed by atoms with Crippen molar-refractivity contribution in [3.05, 3.63) is 77.9 Å². The van der Waals surface area contributed by atoms with E-state index in [9.17, 15) is 0 Å². The second-order valence-electron chi connectivity index (χ2n) is 6.69. The predicted molar refractivity (Wildman–Crippen MR) is 110 cm³/mol. The number of aliphatic hydroxyl groups is 1. The zero-order valence-electron chi connectivity index (χ0n) is 15.4. The number of aliphatic hydroxyl groups excluding tert-OH is 1. The van der Waals surface area contributed by atoms with Gasteiger partial charge in [0.25, 0.3) is 0 Å². The third-order valence-electron chi connectivity index (χ3n) is 4.81. The summed E-state index contributed by atoms with van der Waals surface area (Å²) in [4.78, 5) is 8.34. The minimum absolute atomic E-state index is 0.145. The summed E-state index contributed by atoms with van der Waals surface area (Å²) in [7, 11) is 0. The summed E-state index contributed by atoms with van der Waals surface area (Å²) in [6, 6.07) is 23.0. The first-order valence-electron chi connectivity index (χ1n) is 9.22. The van der Waals surface area contributed by atoms with E-state index in [-0.39, 0.29) is 6.61 Å². The number of nitrogens with zero attached hydrogens (tertiary/aromatic N) is 1. The first-order valence-corrected chi connectivity index (χ1v) is 9.22. The summed E-state index contributed by atoms with van der Waals surface area (Å²) < 4.78 is 0. The van der Waals surface area contributed by atoms with Gasteiger partial charge in [-0.25, -0.2) is 4.98 Å². The van der Waals surface area contributed by atoms with Crippen molar-refractivity contribution in [3.63, 3.8) is 0 Å². The molecule has 0 fully saturated rings. The van der Waals surface area contributed by atoms with Crippen LogP contribution < -0.4 is 5.32 Å². The predicted octanol–water partition coefficient (Wildman–Crippen LogP) is 4.29. The van der Waals surface area contributed by atoms with Gasteiger partial charge in [0.2, 0.25) is 0 Å². The lowest BCUT2D eigenvalue weighted by molar-refractivity contribution is 0.292. The van der Waals surface area contributed by atoms with E-state index in [1.54, 1.807) is 0 Å². The maximum Gasteiger partial charge on any atom is 0.138 e. The molecule has 27 heavy (non-hydrogen) atoms. The van der Waals surface area contributed by atoms with Gasteiger partial charge in [0, 0.05) is 18.7 Å². The van der Waals surface area contributed by atoms with E-state index in [0.29, 0.717) is 6.54 Å². The van der Waals surface area contributed by atoms with Crippen LogP contribution in [0, 0.1) is 6.92 Å². The van der Waals surface area contributed by atoms with Crippen molar-refractivity contribution in [3.8, 4) is 22.5 Å². The molecule has 0 spiro atoms. The number of fused-ring (bicyclic) bond motifs is 1. The van der Waals surface area contributed by atoms with Crippen LogP contribution in [0.2, 0.25) is 0 Å². The Labute approximate surface area is 158 Å².